The third-order valence-electron chi connectivity index (χ3n) is 7.87. The lowest BCUT2D eigenvalue weighted by Gasteiger charge is -2.33. The first-order chi connectivity index (χ1) is 17.9. The molecule has 0 heterocycles. The summed E-state index contributed by atoms with van der Waals surface area (Å²) in [4.78, 5) is 0. The molecule has 0 aliphatic carbocycles. The SMILES string of the molecule is Cc1cc(C)c(P(c2cc(C(C)(C)C)cc(C(C)(C)C)c2O)c2cc(C(C)(C)C)cc(C(C)(C)C)c2O)c(C)c1. The van der Waals surface area contributed by atoms with Gasteiger partial charge in [-0.25, -0.2) is 0 Å². The molecule has 3 aromatic carbocycles. The Morgan fingerprint density at radius 3 is 1.07 bits per heavy atom. The van der Waals surface area contributed by atoms with Crippen LogP contribution in [-0.2, 0) is 21.7 Å². The van der Waals surface area contributed by atoms with Crippen LogP contribution in [0.4, 0.5) is 0 Å². The van der Waals surface area contributed by atoms with E-state index in [9.17, 15) is 10.2 Å². The summed E-state index contributed by atoms with van der Waals surface area (Å²) in [6.07, 6.45) is 0. The maximum Gasteiger partial charge on any atom is 0.127 e. The van der Waals surface area contributed by atoms with Gasteiger partial charge in [-0.2, -0.15) is 0 Å². The van der Waals surface area contributed by atoms with Crippen LogP contribution < -0.4 is 15.9 Å². The molecule has 3 aromatic rings. The molecule has 0 spiro atoms. The van der Waals surface area contributed by atoms with E-state index in [4.69, 9.17) is 0 Å². The highest BCUT2D eigenvalue weighted by Crippen LogP contribution is 2.48. The number of hydrogen-bond acceptors (Lipinski definition) is 2. The van der Waals surface area contributed by atoms with Crippen molar-refractivity contribution in [3.05, 3.63) is 75.3 Å². The second kappa shape index (κ2) is 10.5. The van der Waals surface area contributed by atoms with Crippen molar-refractivity contribution in [2.75, 3.05) is 0 Å². The maximum atomic E-state index is 12.1. The molecule has 0 radical (unpaired) electrons. The summed E-state index contributed by atoms with van der Waals surface area (Å²) >= 11 is 0. The second-order valence-corrected chi connectivity index (χ2v) is 17.9. The molecule has 3 rings (SSSR count). The zero-order chi connectivity index (χ0) is 30.7. The summed E-state index contributed by atoms with van der Waals surface area (Å²) in [6, 6.07) is 13.3. The molecule has 0 unspecified atom stereocenters. The summed E-state index contributed by atoms with van der Waals surface area (Å²) in [5, 5.41) is 27.3. The highest BCUT2D eigenvalue weighted by atomic mass is 31.1. The summed E-state index contributed by atoms with van der Waals surface area (Å²) in [6.45, 7) is 32.9. The minimum absolute atomic E-state index is 0.104. The summed E-state index contributed by atoms with van der Waals surface area (Å²) in [7, 11) is -1.30. The molecule has 0 bridgehead atoms. The van der Waals surface area contributed by atoms with Gasteiger partial charge in [0.25, 0.3) is 0 Å². The molecule has 0 atom stereocenters. The van der Waals surface area contributed by atoms with Gasteiger partial charge >= 0.3 is 0 Å². The quantitative estimate of drug-likeness (QED) is 0.314. The van der Waals surface area contributed by atoms with Gasteiger partial charge in [0.05, 0.1) is 0 Å². The van der Waals surface area contributed by atoms with Crippen LogP contribution in [0, 0.1) is 20.8 Å². The monoisotopic (exact) mass is 560 g/mol. The fraction of sp³-hybridized carbons (Fsp3) is 0.514. The molecule has 0 amide bonds. The van der Waals surface area contributed by atoms with E-state index in [2.05, 4.69) is 140 Å². The van der Waals surface area contributed by atoms with E-state index >= 15 is 0 Å². The van der Waals surface area contributed by atoms with Gasteiger partial charge in [-0.05, 0) is 90.0 Å². The van der Waals surface area contributed by atoms with Crippen molar-refractivity contribution in [3.63, 3.8) is 0 Å². The van der Waals surface area contributed by atoms with Crippen molar-refractivity contribution in [1.82, 2.24) is 0 Å². The van der Waals surface area contributed by atoms with Crippen LogP contribution in [0.3, 0.4) is 0 Å². The molecule has 0 saturated heterocycles. The van der Waals surface area contributed by atoms with Crippen molar-refractivity contribution in [3.8, 4) is 11.5 Å². The van der Waals surface area contributed by atoms with Crippen LogP contribution in [0.1, 0.15) is 122 Å². The molecular weight excluding hydrogens is 507 g/mol. The van der Waals surface area contributed by atoms with Crippen LogP contribution in [-0.4, -0.2) is 10.2 Å². The Morgan fingerprint density at radius 1 is 0.475 bits per heavy atom. The lowest BCUT2D eigenvalue weighted by atomic mass is 9.80. The Kier molecular flexibility index (Phi) is 8.46. The zero-order valence-corrected chi connectivity index (χ0v) is 28.7. The fourth-order valence-electron chi connectivity index (χ4n) is 5.48. The van der Waals surface area contributed by atoms with E-state index in [1.54, 1.807) is 0 Å². The van der Waals surface area contributed by atoms with Gasteiger partial charge in [-0.15, -0.1) is 0 Å². The van der Waals surface area contributed by atoms with Crippen LogP contribution in [0.25, 0.3) is 0 Å². The molecule has 0 fully saturated rings. The average Bonchev–Trinajstić information content (AvgIpc) is 2.73. The normalized spacial score (nSPS) is 13.3. The highest BCUT2D eigenvalue weighted by molar-refractivity contribution is 7.80. The van der Waals surface area contributed by atoms with Gasteiger partial charge in [-0.1, -0.05) is 113 Å². The Labute approximate surface area is 246 Å². The van der Waals surface area contributed by atoms with E-state index in [1.165, 1.54) is 33.1 Å². The Morgan fingerprint density at radius 2 is 0.800 bits per heavy atom. The number of aryl methyl sites for hydroxylation is 3. The lowest BCUT2D eigenvalue weighted by molar-refractivity contribution is 0.448. The first-order valence-electron chi connectivity index (χ1n) is 14.6. The average molecular weight is 561 g/mol. The predicted octanol–water partition coefficient (Wildman–Crippen LogP) is 8.97. The van der Waals surface area contributed by atoms with Crippen molar-refractivity contribution >= 4 is 23.8 Å². The van der Waals surface area contributed by atoms with Gasteiger partial charge < -0.3 is 10.2 Å². The minimum atomic E-state index is -1.30. The molecule has 0 aromatic heterocycles. The minimum Gasteiger partial charge on any atom is -0.507 e. The van der Waals surface area contributed by atoms with Crippen molar-refractivity contribution < 1.29 is 10.2 Å². The summed E-state index contributed by atoms with van der Waals surface area (Å²) in [5.74, 6) is 0.702. The third kappa shape index (κ3) is 6.44. The van der Waals surface area contributed by atoms with E-state index in [-0.39, 0.29) is 21.7 Å². The number of aromatic hydroxyl groups is 2. The van der Waals surface area contributed by atoms with Crippen LogP contribution >= 0.6 is 7.92 Å². The smallest absolute Gasteiger partial charge is 0.127 e. The maximum absolute atomic E-state index is 12.1. The van der Waals surface area contributed by atoms with Gasteiger partial charge in [-0.3, -0.25) is 0 Å². The first kappa shape index (κ1) is 32.2. The van der Waals surface area contributed by atoms with Crippen molar-refractivity contribution in [2.24, 2.45) is 0 Å². The molecule has 0 aliphatic heterocycles. The number of phenols is 2. The summed E-state index contributed by atoms with van der Waals surface area (Å²) < 4.78 is 0. The lowest BCUT2D eigenvalue weighted by Crippen LogP contribution is -2.30. The predicted molar refractivity (Wildman–Crippen MR) is 177 cm³/mol. The first-order valence-corrected chi connectivity index (χ1v) is 15.9. The fourth-order valence-corrected chi connectivity index (χ4v) is 8.26. The molecular formula is C37H53O2P. The van der Waals surface area contributed by atoms with Gasteiger partial charge in [0.15, 0.2) is 0 Å². The van der Waals surface area contributed by atoms with E-state index in [0.29, 0.717) is 11.5 Å². The van der Waals surface area contributed by atoms with E-state index < -0.39 is 7.92 Å². The summed E-state index contributed by atoms with van der Waals surface area (Å²) in [5.41, 5.74) is 7.21. The van der Waals surface area contributed by atoms with Gasteiger partial charge in [0.2, 0.25) is 0 Å². The van der Waals surface area contributed by atoms with E-state index in [1.807, 2.05) is 0 Å². The number of rotatable bonds is 3. The van der Waals surface area contributed by atoms with Crippen molar-refractivity contribution in [2.45, 2.75) is 126 Å². The third-order valence-corrected chi connectivity index (χ3v) is 10.7. The largest absolute Gasteiger partial charge is 0.507 e. The van der Waals surface area contributed by atoms with Gasteiger partial charge in [0.1, 0.15) is 11.5 Å². The number of phenolic OH excluding ortho intramolecular Hbond substituents is 2. The Hall–Kier alpha value is -2.31. The Balaban J connectivity index is 2.65. The Bertz CT molecular complexity index is 1310. The topological polar surface area (TPSA) is 40.5 Å². The molecule has 2 nitrogen and oxygen atoms in total. The van der Waals surface area contributed by atoms with Crippen LogP contribution in [0.5, 0.6) is 11.5 Å². The molecule has 3 heteroatoms. The highest BCUT2D eigenvalue weighted by Gasteiger charge is 2.34. The molecule has 0 aliphatic rings. The number of benzene rings is 3. The van der Waals surface area contributed by atoms with Crippen molar-refractivity contribution in [1.29, 1.82) is 0 Å². The zero-order valence-electron chi connectivity index (χ0n) is 27.8. The van der Waals surface area contributed by atoms with Crippen LogP contribution in [0.2, 0.25) is 0 Å². The molecule has 40 heavy (non-hydrogen) atoms. The van der Waals surface area contributed by atoms with Gasteiger partial charge in [0, 0.05) is 21.7 Å². The second-order valence-electron chi connectivity index (χ2n) is 15.9. The number of hydrogen-bond donors (Lipinski definition) is 2. The van der Waals surface area contributed by atoms with E-state index in [0.717, 1.165) is 21.7 Å². The van der Waals surface area contributed by atoms with Crippen LogP contribution in [0.15, 0.2) is 36.4 Å². The standard InChI is InChI=1S/C37H53O2P/c1-22-16-23(2)33(24(3)17-22)40(29-20-25(34(4,5)6)18-27(31(29)38)36(10,11)12)30-21-26(35(7,8)9)19-28(32(30)39)37(13,14)15/h16-21,38-39H,1-15H3. The molecule has 0 saturated carbocycles. The molecule has 218 valence electrons. The molecule has 2 N–H and O–H groups in total.